The van der Waals surface area contributed by atoms with Gasteiger partial charge in [0, 0.05) is 12.1 Å². The molecule has 7 nitrogen and oxygen atoms in total. The number of hydrogen-bond donors (Lipinski definition) is 3. The molecule has 2 rings (SSSR count). The predicted molar refractivity (Wildman–Crippen MR) is 72.8 cm³/mol. The van der Waals surface area contributed by atoms with Crippen LogP contribution in [0.25, 0.3) is 0 Å². The molecule has 0 aliphatic carbocycles. The van der Waals surface area contributed by atoms with Gasteiger partial charge in [0.2, 0.25) is 11.8 Å². The highest BCUT2D eigenvalue weighted by atomic mass is 16.5. The Morgan fingerprint density at radius 3 is 2.90 bits per heavy atom. The van der Waals surface area contributed by atoms with E-state index in [1.165, 1.54) is 13.2 Å². The summed E-state index contributed by atoms with van der Waals surface area (Å²) in [5, 5.41) is 5.76. The van der Waals surface area contributed by atoms with Crippen molar-refractivity contribution in [2.45, 2.75) is 6.04 Å². The Bertz CT molecular complexity index is 512. The minimum Gasteiger partial charge on any atom is -0.495 e. The highest BCUT2D eigenvalue weighted by Gasteiger charge is 2.22. The fraction of sp³-hybridized carbons (Fsp3) is 0.385. The Hall–Kier alpha value is -2.12. The van der Waals surface area contributed by atoms with Crippen LogP contribution in [0.5, 0.6) is 5.75 Å². The standard InChI is InChI=1S/C13H17N3O4/c1-19-11-3-2-8(12(14)17)6-9(11)16-13(18)10-7-20-5-4-15-10/h2-3,6,10,15H,4-5,7H2,1H3,(H2,14,17)(H,16,18). The summed E-state index contributed by atoms with van der Waals surface area (Å²) >= 11 is 0. The monoisotopic (exact) mass is 279 g/mol. The lowest BCUT2D eigenvalue weighted by Crippen LogP contribution is -2.48. The number of ether oxygens (including phenoxy) is 2. The third kappa shape index (κ3) is 3.25. The lowest BCUT2D eigenvalue weighted by molar-refractivity contribution is -0.120. The SMILES string of the molecule is COc1ccc(C(N)=O)cc1NC(=O)C1COCCN1. The molecule has 2 amide bonds. The molecule has 1 aliphatic heterocycles. The zero-order valence-corrected chi connectivity index (χ0v) is 11.1. The largest absolute Gasteiger partial charge is 0.495 e. The number of nitrogens with one attached hydrogen (secondary N) is 2. The highest BCUT2D eigenvalue weighted by Crippen LogP contribution is 2.25. The van der Waals surface area contributed by atoms with Crippen LogP contribution in [-0.2, 0) is 9.53 Å². The number of amides is 2. The fourth-order valence-corrected chi connectivity index (χ4v) is 1.91. The topological polar surface area (TPSA) is 103 Å². The molecular weight excluding hydrogens is 262 g/mol. The molecule has 1 aromatic carbocycles. The first-order valence-corrected chi connectivity index (χ1v) is 6.21. The maximum Gasteiger partial charge on any atom is 0.248 e. The zero-order valence-electron chi connectivity index (χ0n) is 11.1. The molecule has 108 valence electrons. The maximum absolute atomic E-state index is 12.1. The van der Waals surface area contributed by atoms with Crippen LogP contribution in [0, 0.1) is 0 Å². The number of benzene rings is 1. The molecule has 1 aromatic rings. The van der Waals surface area contributed by atoms with E-state index in [2.05, 4.69) is 10.6 Å². The Balaban J connectivity index is 2.15. The number of nitrogens with two attached hydrogens (primary N) is 1. The van der Waals surface area contributed by atoms with Gasteiger partial charge in [-0.2, -0.15) is 0 Å². The minimum atomic E-state index is -0.567. The van der Waals surface area contributed by atoms with Crippen LogP contribution in [-0.4, -0.2) is 44.7 Å². The van der Waals surface area contributed by atoms with Crippen molar-refractivity contribution in [3.8, 4) is 5.75 Å². The van der Waals surface area contributed by atoms with E-state index in [4.69, 9.17) is 15.2 Å². The van der Waals surface area contributed by atoms with Crippen LogP contribution >= 0.6 is 0 Å². The lowest BCUT2D eigenvalue weighted by Gasteiger charge is -2.23. The smallest absolute Gasteiger partial charge is 0.248 e. The molecule has 0 aromatic heterocycles. The van der Waals surface area contributed by atoms with Crippen molar-refractivity contribution in [2.24, 2.45) is 5.73 Å². The molecule has 0 bridgehead atoms. The van der Waals surface area contributed by atoms with Gasteiger partial charge in [-0.1, -0.05) is 0 Å². The Kier molecular flexibility index (Phi) is 4.54. The summed E-state index contributed by atoms with van der Waals surface area (Å²) in [5.41, 5.74) is 5.93. The van der Waals surface area contributed by atoms with E-state index in [0.717, 1.165) is 0 Å². The lowest BCUT2D eigenvalue weighted by atomic mass is 10.1. The first kappa shape index (κ1) is 14.3. The van der Waals surface area contributed by atoms with E-state index in [9.17, 15) is 9.59 Å². The van der Waals surface area contributed by atoms with Crippen molar-refractivity contribution in [1.82, 2.24) is 5.32 Å². The summed E-state index contributed by atoms with van der Waals surface area (Å²) in [4.78, 5) is 23.3. The van der Waals surface area contributed by atoms with Crippen molar-refractivity contribution in [1.29, 1.82) is 0 Å². The first-order valence-electron chi connectivity index (χ1n) is 6.21. The Morgan fingerprint density at radius 1 is 1.50 bits per heavy atom. The Labute approximate surface area is 116 Å². The van der Waals surface area contributed by atoms with Gasteiger partial charge in [0.25, 0.3) is 0 Å². The number of carbonyl (C=O) groups excluding carboxylic acids is 2. The van der Waals surface area contributed by atoms with E-state index < -0.39 is 11.9 Å². The number of methoxy groups -OCH3 is 1. The molecule has 1 saturated heterocycles. The van der Waals surface area contributed by atoms with Gasteiger partial charge in [-0.05, 0) is 18.2 Å². The third-order valence-electron chi connectivity index (χ3n) is 2.98. The van der Waals surface area contributed by atoms with Crippen LogP contribution in [0.15, 0.2) is 18.2 Å². The van der Waals surface area contributed by atoms with Gasteiger partial charge in [-0.25, -0.2) is 0 Å². The van der Waals surface area contributed by atoms with Gasteiger partial charge < -0.3 is 25.8 Å². The number of hydrogen-bond acceptors (Lipinski definition) is 5. The third-order valence-corrected chi connectivity index (χ3v) is 2.98. The van der Waals surface area contributed by atoms with Gasteiger partial charge in [-0.15, -0.1) is 0 Å². The minimum absolute atomic E-state index is 0.246. The molecule has 0 radical (unpaired) electrons. The molecule has 1 atom stereocenters. The number of anilines is 1. The van der Waals surface area contributed by atoms with E-state index in [1.54, 1.807) is 12.1 Å². The molecule has 1 fully saturated rings. The second-order valence-corrected chi connectivity index (χ2v) is 4.35. The molecule has 1 unspecified atom stereocenters. The molecule has 1 aliphatic rings. The number of rotatable bonds is 4. The second kappa shape index (κ2) is 6.36. The van der Waals surface area contributed by atoms with Gasteiger partial charge in [-0.3, -0.25) is 9.59 Å². The summed E-state index contributed by atoms with van der Waals surface area (Å²) < 4.78 is 10.4. The van der Waals surface area contributed by atoms with E-state index >= 15 is 0 Å². The molecule has 0 spiro atoms. The van der Waals surface area contributed by atoms with Crippen LogP contribution in [0.4, 0.5) is 5.69 Å². The van der Waals surface area contributed by atoms with E-state index in [0.29, 0.717) is 36.8 Å². The van der Waals surface area contributed by atoms with Crippen molar-refractivity contribution >= 4 is 17.5 Å². The van der Waals surface area contributed by atoms with Crippen LogP contribution in [0.1, 0.15) is 10.4 Å². The summed E-state index contributed by atoms with van der Waals surface area (Å²) in [7, 11) is 1.48. The normalized spacial score (nSPS) is 18.4. The van der Waals surface area contributed by atoms with Crippen LogP contribution < -0.4 is 21.1 Å². The maximum atomic E-state index is 12.1. The van der Waals surface area contributed by atoms with Gasteiger partial charge >= 0.3 is 0 Å². The number of morpholine rings is 1. The summed E-state index contributed by atoms with van der Waals surface area (Å²) in [6.45, 7) is 1.52. The number of primary amides is 1. The Morgan fingerprint density at radius 2 is 2.30 bits per heavy atom. The van der Waals surface area contributed by atoms with Crippen molar-refractivity contribution in [3.05, 3.63) is 23.8 Å². The molecule has 20 heavy (non-hydrogen) atoms. The average Bonchev–Trinajstić information content (AvgIpc) is 2.48. The summed E-state index contributed by atoms with van der Waals surface area (Å²) in [6.07, 6.45) is 0. The predicted octanol–water partition coefficient (Wildman–Crippen LogP) is -0.279. The quantitative estimate of drug-likeness (QED) is 0.703. The van der Waals surface area contributed by atoms with E-state index in [1.807, 2.05) is 0 Å². The van der Waals surface area contributed by atoms with Crippen molar-refractivity contribution in [2.75, 3.05) is 32.2 Å². The summed E-state index contributed by atoms with van der Waals surface area (Å²) in [6, 6.07) is 4.19. The molecule has 0 saturated carbocycles. The number of carbonyl (C=O) groups is 2. The molecular formula is C13H17N3O4. The summed E-state index contributed by atoms with van der Waals surface area (Å²) in [5.74, 6) is -0.355. The fourth-order valence-electron chi connectivity index (χ4n) is 1.91. The van der Waals surface area contributed by atoms with Gasteiger partial charge in [0.15, 0.2) is 0 Å². The van der Waals surface area contributed by atoms with Gasteiger partial charge in [0.05, 0.1) is 26.0 Å². The van der Waals surface area contributed by atoms with Gasteiger partial charge in [0.1, 0.15) is 11.8 Å². The zero-order chi connectivity index (χ0) is 14.5. The molecule has 7 heteroatoms. The van der Waals surface area contributed by atoms with Crippen molar-refractivity contribution < 1.29 is 19.1 Å². The highest BCUT2D eigenvalue weighted by molar-refractivity contribution is 5.99. The van der Waals surface area contributed by atoms with Crippen molar-refractivity contribution in [3.63, 3.8) is 0 Å². The second-order valence-electron chi connectivity index (χ2n) is 4.35. The van der Waals surface area contributed by atoms with Crippen LogP contribution in [0.2, 0.25) is 0 Å². The first-order chi connectivity index (χ1) is 9.61. The molecule has 4 N–H and O–H groups in total. The average molecular weight is 279 g/mol. The van der Waals surface area contributed by atoms with E-state index in [-0.39, 0.29) is 5.91 Å². The molecule has 1 heterocycles. The van der Waals surface area contributed by atoms with Crippen LogP contribution in [0.3, 0.4) is 0 Å².